The lowest BCUT2D eigenvalue weighted by Crippen LogP contribution is -2.12. The monoisotopic (exact) mass is 277 g/mol. The van der Waals surface area contributed by atoms with E-state index in [-0.39, 0.29) is 0 Å². The zero-order valence-corrected chi connectivity index (χ0v) is 13.5. The third-order valence-electron chi connectivity index (χ3n) is 3.87. The van der Waals surface area contributed by atoms with E-state index in [1.54, 1.807) is 0 Å². The minimum Gasteiger partial charge on any atom is -0.494 e. The van der Waals surface area contributed by atoms with Crippen LogP contribution in [0, 0.1) is 5.92 Å². The Morgan fingerprint density at radius 1 is 0.950 bits per heavy atom. The fraction of sp³-hybridized carbons (Fsp3) is 0.667. The van der Waals surface area contributed by atoms with Crippen LogP contribution in [0.1, 0.15) is 59.3 Å². The predicted octanol–water partition coefficient (Wildman–Crippen LogP) is 5.49. The van der Waals surface area contributed by atoms with E-state index in [1.165, 1.54) is 37.8 Å². The van der Waals surface area contributed by atoms with Gasteiger partial charge in [-0.2, -0.15) is 0 Å². The number of rotatable bonds is 11. The fourth-order valence-electron chi connectivity index (χ4n) is 2.23. The van der Waals surface area contributed by atoms with Crippen LogP contribution in [0.25, 0.3) is 0 Å². The molecule has 1 N–H and O–H groups in total. The minimum atomic E-state index is 0.768. The molecule has 1 rings (SSSR count). The van der Waals surface area contributed by atoms with Crippen molar-refractivity contribution in [3.8, 4) is 5.75 Å². The van der Waals surface area contributed by atoms with Crippen molar-refractivity contribution in [2.75, 3.05) is 18.5 Å². The molecule has 0 bridgehead atoms. The molecule has 0 aliphatic heterocycles. The first-order valence-electron chi connectivity index (χ1n) is 8.26. The zero-order valence-electron chi connectivity index (χ0n) is 13.5. The molecule has 1 aromatic carbocycles. The first-order chi connectivity index (χ1) is 9.80. The molecule has 20 heavy (non-hydrogen) atoms. The molecule has 2 heteroatoms. The summed E-state index contributed by atoms with van der Waals surface area (Å²) < 4.78 is 5.75. The lowest BCUT2D eigenvalue weighted by molar-refractivity contribution is 0.305. The van der Waals surface area contributed by atoms with Crippen LogP contribution >= 0.6 is 0 Å². The van der Waals surface area contributed by atoms with E-state index >= 15 is 0 Å². The SMILES string of the molecule is CCCCCCOc1ccc(NCC(CC)CC)cc1. The number of anilines is 1. The van der Waals surface area contributed by atoms with Crippen molar-refractivity contribution in [2.45, 2.75) is 59.3 Å². The van der Waals surface area contributed by atoms with Crippen molar-refractivity contribution in [1.29, 1.82) is 0 Å². The Kier molecular flexibility index (Phi) is 8.93. The van der Waals surface area contributed by atoms with Crippen LogP contribution in [-0.4, -0.2) is 13.2 Å². The average Bonchev–Trinajstić information content (AvgIpc) is 2.49. The summed E-state index contributed by atoms with van der Waals surface area (Å²) in [4.78, 5) is 0. The van der Waals surface area contributed by atoms with Crippen molar-refractivity contribution < 1.29 is 4.74 Å². The Morgan fingerprint density at radius 2 is 1.65 bits per heavy atom. The smallest absolute Gasteiger partial charge is 0.119 e. The summed E-state index contributed by atoms with van der Waals surface area (Å²) in [5.41, 5.74) is 1.19. The standard InChI is InChI=1S/C18H31NO/c1-4-7-8-9-14-20-18-12-10-17(11-13-18)19-15-16(5-2)6-3/h10-13,16,19H,4-9,14-15H2,1-3H3. The highest BCUT2D eigenvalue weighted by Crippen LogP contribution is 2.17. The lowest BCUT2D eigenvalue weighted by atomic mass is 10.0. The molecule has 0 unspecified atom stereocenters. The van der Waals surface area contributed by atoms with Gasteiger partial charge in [0.25, 0.3) is 0 Å². The Labute approximate surface area is 124 Å². The van der Waals surface area contributed by atoms with Gasteiger partial charge in [-0.15, -0.1) is 0 Å². The fourth-order valence-corrected chi connectivity index (χ4v) is 2.23. The highest BCUT2D eigenvalue weighted by atomic mass is 16.5. The van der Waals surface area contributed by atoms with Gasteiger partial charge in [-0.3, -0.25) is 0 Å². The van der Waals surface area contributed by atoms with Crippen LogP contribution in [0.15, 0.2) is 24.3 Å². The highest BCUT2D eigenvalue weighted by Gasteiger charge is 2.02. The second-order valence-electron chi connectivity index (χ2n) is 5.50. The topological polar surface area (TPSA) is 21.3 Å². The zero-order chi connectivity index (χ0) is 14.6. The second kappa shape index (κ2) is 10.6. The summed E-state index contributed by atoms with van der Waals surface area (Å²) in [6.07, 6.45) is 7.48. The normalized spacial score (nSPS) is 10.8. The summed E-state index contributed by atoms with van der Waals surface area (Å²) in [6.45, 7) is 8.63. The number of benzene rings is 1. The number of unbranched alkanes of at least 4 members (excludes halogenated alkanes) is 3. The molecular formula is C18H31NO. The first-order valence-corrected chi connectivity index (χ1v) is 8.26. The van der Waals surface area contributed by atoms with Crippen LogP contribution in [0.5, 0.6) is 5.75 Å². The van der Waals surface area contributed by atoms with Crippen molar-refractivity contribution in [3.63, 3.8) is 0 Å². The van der Waals surface area contributed by atoms with Crippen molar-refractivity contribution in [1.82, 2.24) is 0 Å². The summed E-state index contributed by atoms with van der Waals surface area (Å²) >= 11 is 0. The molecule has 0 radical (unpaired) electrons. The van der Waals surface area contributed by atoms with Gasteiger partial charge in [-0.25, -0.2) is 0 Å². The Hall–Kier alpha value is -1.18. The number of hydrogen-bond donors (Lipinski definition) is 1. The molecule has 0 aromatic heterocycles. The van der Waals surface area contributed by atoms with E-state index in [2.05, 4.69) is 50.4 Å². The Morgan fingerprint density at radius 3 is 2.25 bits per heavy atom. The van der Waals surface area contributed by atoms with Gasteiger partial charge < -0.3 is 10.1 Å². The molecule has 0 amide bonds. The van der Waals surface area contributed by atoms with Crippen molar-refractivity contribution >= 4 is 5.69 Å². The molecule has 1 aromatic rings. The average molecular weight is 277 g/mol. The maximum atomic E-state index is 5.75. The molecule has 114 valence electrons. The summed E-state index contributed by atoms with van der Waals surface area (Å²) in [5, 5.41) is 3.50. The molecule has 0 aliphatic rings. The third-order valence-corrected chi connectivity index (χ3v) is 3.87. The van der Waals surface area contributed by atoms with Crippen LogP contribution in [0.4, 0.5) is 5.69 Å². The molecule has 0 heterocycles. The lowest BCUT2D eigenvalue weighted by Gasteiger charge is -2.14. The van der Waals surface area contributed by atoms with Crippen molar-refractivity contribution in [3.05, 3.63) is 24.3 Å². The minimum absolute atomic E-state index is 0.768. The molecule has 0 fully saturated rings. The largest absolute Gasteiger partial charge is 0.494 e. The maximum Gasteiger partial charge on any atom is 0.119 e. The quantitative estimate of drug-likeness (QED) is 0.540. The number of hydrogen-bond acceptors (Lipinski definition) is 2. The van der Waals surface area contributed by atoms with Crippen LogP contribution in [0.3, 0.4) is 0 Å². The van der Waals surface area contributed by atoms with E-state index in [0.717, 1.165) is 31.2 Å². The Bertz CT molecular complexity index is 330. The van der Waals surface area contributed by atoms with Gasteiger partial charge in [-0.1, -0.05) is 52.9 Å². The van der Waals surface area contributed by atoms with E-state index in [1.807, 2.05) is 0 Å². The van der Waals surface area contributed by atoms with E-state index < -0.39 is 0 Å². The van der Waals surface area contributed by atoms with Gasteiger partial charge in [0, 0.05) is 12.2 Å². The van der Waals surface area contributed by atoms with Gasteiger partial charge in [0.15, 0.2) is 0 Å². The molecule has 0 atom stereocenters. The molecule has 0 saturated heterocycles. The summed E-state index contributed by atoms with van der Waals surface area (Å²) in [6, 6.07) is 8.36. The van der Waals surface area contributed by atoms with E-state index in [4.69, 9.17) is 4.74 Å². The number of nitrogens with one attached hydrogen (secondary N) is 1. The van der Waals surface area contributed by atoms with Gasteiger partial charge in [0.05, 0.1) is 6.61 Å². The third kappa shape index (κ3) is 6.83. The first kappa shape index (κ1) is 16.9. The van der Waals surface area contributed by atoms with Crippen LogP contribution in [0.2, 0.25) is 0 Å². The summed E-state index contributed by atoms with van der Waals surface area (Å²) in [7, 11) is 0. The Balaban J connectivity index is 2.25. The molecule has 0 aliphatic carbocycles. The molecule has 0 saturated carbocycles. The molecule has 2 nitrogen and oxygen atoms in total. The maximum absolute atomic E-state index is 5.75. The highest BCUT2D eigenvalue weighted by molar-refractivity contribution is 5.46. The van der Waals surface area contributed by atoms with Gasteiger partial charge >= 0.3 is 0 Å². The second-order valence-corrected chi connectivity index (χ2v) is 5.50. The van der Waals surface area contributed by atoms with Gasteiger partial charge in [-0.05, 0) is 36.6 Å². The number of ether oxygens (including phenoxy) is 1. The molecule has 0 spiro atoms. The summed E-state index contributed by atoms with van der Waals surface area (Å²) in [5.74, 6) is 1.75. The van der Waals surface area contributed by atoms with Crippen molar-refractivity contribution in [2.24, 2.45) is 5.92 Å². The van der Waals surface area contributed by atoms with Gasteiger partial charge in [0.2, 0.25) is 0 Å². The predicted molar refractivity (Wildman–Crippen MR) is 88.6 cm³/mol. The van der Waals surface area contributed by atoms with Crippen LogP contribution in [-0.2, 0) is 0 Å². The molecular weight excluding hydrogens is 246 g/mol. The van der Waals surface area contributed by atoms with E-state index in [9.17, 15) is 0 Å². The van der Waals surface area contributed by atoms with Gasteiger partial charge in [0.1, 0.15) is 5.75 Å². The van der Waals surface area contributed by atoms with Crippen LogP contribution < -0.4 is 10.1 Å². The van der Waals surface area contributed by atoms with E-state index in [0.29, 0.717) is 0 Å².